The monoisotopic (exact) mass is 426 g/mol. The van der Waals surface area contributed by atoms with E-state index in [1.54, 1.807) is 18.0 Å². The molecule has 0 bridgehead atoms. The van der Waals surface area contributed by atoms with Crippen molar-refractivity contribution in [1.82, 2.24) is 20.1 Å². The van der Waals surface area contributed by atoms with E-state index < -0.39 is 0 Å². The molecule has 1 amide bonds. The van der Waals surface area contributed by atoms with Crippen LogP contribution in [0.3, 0.4) is 0 Å². The van der Waals surface area contributed by atoms with Crippen molar-refractivity contribution in [2.24, 2.45) is 0 Å². The van der Waals surface area contributed by atoms with Gasteiger partial charge in [0.05, 0.1) is 23.0 Å². The minimum atomic E-state index is 0.0113. The van der Waals surface area contributed by atoms with E-state index in [1.165, 1.54) is 6.42 Å². The molecule has 5 rings (SSSR count). The third-order valence-electron chi connectivity index (χ3n) is 5.44. The first-order chi connectivity index (χ1) is 15.3. The van der Waals surface area contributed by atoms with Crippen LogP contribution in [0.15, 0.2) is 82.8 Å². The smallest absolute Gasteiger partial charge is 0.252 e. The fourth-order valence-electron chi connectivity index (χ4n) is 3.51. The van der Waals surface area contributed by atoms with Crippen LogP contribution in [0.25, 0.3) is 23.2 Å². The highest BCUT2D eigenvalue weighted by atomic mass is 32.2. The summed E-state index contributed by atoms with van der Waals surface area (Å²) in [6.45, 7) is 0. The van der Waals surface area contributed by atoms with Crippen molar-refractivity contribution in [3.63, 3.8) is 0 Å². The molecule has 1 N–H and O–H groups in total. The quantitative estimate of drug-likeness (QED) is 0.443. The molecule has 154 valence electrons. The molecule has 0 radical (unpaired) electrons. The van der Waals surface area contributed by atoms with Crippen LogP contribution in [0.2, 0.25) is 0 Å². The van der Waals surface area contributed by atoms with Crippen LogP contribution >= 0.6 is 11.8 Å². The molecule has 2 aromatic carbocycles. The zero-order chi connectivity index (χ0) is 21.0. The van der Waals surface area contributed by atoms with Crippen LogP contribution < -0.4 is 5.32 Å². The summed E-state index contributed by atoms with van der Waals surface area (Å²) in [5.41, 5.74) is 2.61. The van der Waals surface area contributed by atoms with E-state index in [4.69, 9.17) is 0 Å². The Morgan fingerprint density at radius 1 is 1.10 bits per heavy atom. The Morgan fingerprint density at radius 3 is 2.77 bits per heavy atom. The minimum Gasteiger partial charge on any atom is -0.349 e. The van der Waals surface area contributed by atoms with Gasteiger partial charge >= 0.3 is 0 Å². The second-order valence-corrected chi connectivity index (χ2v) is 8.69. The van der Waals surface area contributed by atoms with Crippen molar-refractivity contribution in [2.75, 3.05) is 0 Å². The molecule has 0 atom stereocenters. The Morgan fingerprint density at radius 2 is 1.97 bits per heavy atom. The maximum atomic E-state index is 12.8. The number of hydrogen-bond donors (Lipinski definition) is 1. The van der Waals surface area contributed by atoms with Crippen LogP contribution in [-0.2, 0) is 0 Å². The largest absolute Gasteiger partial charge is 0.349 e. The van der Waals surface area contributed by atoms with Gasteiger partial charge in [0, 0.05) is 33.6 Å². The van der Waals surface area contributed by atoms with E-state index in [0.29, 0.717) is 6.04 Å². The first-order valence-electron chi connectivity index (χ1n) is 10.4. The van der Waals surface area contributed by atoms with Gasteiger partial charge in [0.15, 0.2) is 0 Å². The number of hydrogen-bond acceptors (Lipinski definition) is 4. The van der Waals surface area contributed by atoms with Crippen molar-refractivity contribution < 1.29 is 4.79 Å². The fraction of sp³-hybridized carbons (Fsp3) is 0.160. The summed E-state index contributed by atoms with van der Waals surface area (Å²) in [4.78, 5) is 19.1. The lowest BCUT2D eigenvalue weighted by Gasteiger charge is -2.26. The molecule has 2 aromatic heterocycles. The second kappa shape index (κ2) is 8.78. The van der Waals surface area contributed by atoms with Gasteiger partial charge in [-0.15, -0.1) is 0 Å². The van der Waals surface area contributed by atoms with Crippen LogP contribution in [0.4, 0.5) is 0 Å². The van der Waals surface area contributed by atoms with E-state index in [2.05, 4.69) is 33.6 Å². The topological polar surface area (TPSA) is 59.8 Å². The number of nitrogens with one attached hydrogen (secondary N) is 1. The third-order valence-corrected chi connectivity index (χ3v) is 6.51. The summed E-state index contributed by atoms with van der Waals surface area (Å²) in [7, 11) is 0. The molecule has 0 spiro atoms. The standard InChI is InChI=1S/C25H22N4OS/c30-25(28-20-7-5-8-20)22-9-1-2-10-24(22)31-21-12-11-18-17-27-29(23(18)16-21)15-13-19-6-3-4-14-26-19/h1-4,6,9-17,20H,5,7-8H2,(H,28,30). The van der Waals surface area contributed by atoms with Crippen molar-refractivity contribution in [3.05, 3.63) is 84.3 Å². The van der Waals surface area contributed by atoms with Gasteiger partial charge < -0.3 is 5.32 Å². The molecular formula is C25H22N4OS. The van der Waals surface area contributed by atoms with Crippen molar-refractivity contribution in [2.45, 2.75) is 35.1 Å². The molecule has 2 heterocycles. The van der Waals surface area contributed by atoms with Crippen molar-refractivity contribution in [1.29, 1.82) is 0 Å². The highest BCUT2D eigenvalue weighted by Crippen LogP contribution is 2.33. The zero-order valence-electron chi connectivity index (χ0n) is 16.9. The van der Waals surface area contributed by atoms with Gasteiger partial charge in [0.2, 0.25) is 0 Å². The highest BCUT2D eigenvalue weighted by molar-refractivity contribution is 7.99. The summed E-state index contributed by atoms with van der Waals surface area (Å²) >= 11 is 1.60. The van der Waals surface area contributed by atoms with Gasteiger partial charge in [-0.25, -0.2) is 4.68 Å². The summed E-state index contributed by atoms with van der Waals surface area (Å²) in [5.74, 6) is 0.0113. The zero-order valence-corrected chi connectivity index (χ0v) is 17.8. The predicted molar refractivity (Wildman–Crippen MR) is 125 cm³/mol. The molecule has 6 heteroatoms. The average Bonchev–Trinajstić information content (AvgIpc) is 3.18. The molecule has 5 nitrogen and oxygen atoms in total. The summed E-state index contributed by atoms with van der Waals surface area (Å²) in [6, 6.07) is 20.2. The van der Waals surface area contributed by atoms with Crippen molar-refractivity contribution >= 4 is 40.8 Å². The van der Waals surface area contributed by atoms with Gasteiger partial charge in [-0.2, -0.15) is 5.10 Å². The molecule has 0 saturated heterocycles. The molecule has 31 heavy (non-hydrogen) atoms. The number of benzene rings is 2. The summed E-state index contributed by atoms with van der Waals surface area (Å²) in [5, 5.41) is 8.69. The van der Waals surface area contributed by atoms with E-state index in [1.807, 2.05) is 65.6 Å². The van der Waals surface area contributed by atoms with E-state index in [-0.39, 0.29) is 5.91 Å². The van der Waals surface area contributed by atoms with Gasteiger partial charge in [-0.1, -0.05) is 36.0 Å². The molecule has 1 saturated carbocycles. The lowest BCUT2D eigenvalue weighted by molar-refractivity contribution is 0.0914. The number of carbonyl (C=O) groups is 1. The Bertz CT molecular complexity index is 1240. The van der Waals surface area contributed by atoms with Crippen molar-refractivity contribution in [3.8, 4) is 0 Å². The third kappa shape index (κ3) is 4.39. The first-order valence-corrected chi connectivity index (χ1v) is 11.2. The van der Waals surface area contributed by atoms with Crippen LogP contribution in [-0.4, -0.2) is 26.7 Å². The Hall–Kier alpha value is -3.38. The number of carbonyl (C=O) groups excluding carboxylic acids is 1. The van der Waals surface area contributed by atoms with Gasteiger partial charge in [0.25, 0.3) is 5.91 Å². The SMILES string of the molecule is O=C(NC1CCC1)c1ccccc1Sc1ccc2cnn(C=Cc3ccccn3)c2c1. The second-order valence-electron chi connectivity index (χ2n) is 7.58. The van der Waals surface area contributed by atoms with Gasteiger partial charge in [0.1, 0.15) is 0 Å². The fourth-order valence-corrected chi connectivity index (χ4v) is 4.49. The number of pyridine rings is 1. The van der Waals surface area contributed by atoms with E-state index in [0.717, 1.165) is 44.8 Å². The van der Waals surface area contributed by atoms with Gasteiger partial charge in [-0.3, -0.25) is 9.78 Å². The maximum Gasteiger partial charge on any atom is 0.252 e. The molecule has 1 aliphatic carbocycles. The minimum absolute atomic E-state index is 0.0113. The molecule has 0 aliphatic heterocycles. The molecule has 1 fully saturated rings. The molecule has 1 aliphatic rings. The normalized spacial score (nSPS) is 14.1. The molecular weight excluding hydrogens is 404 g/mol. The number of nitrogens with zero attached hydrogens (tertiary/aromatic N) is 3. The molecule has 0 unspecified atom stereocenters. The summed E-state index contributed by atoms with van der Waals surface area (Å²) in [6.07, 6.45) is 10.8. The van der Waals surface area contributed by atoms with E-state index >= 15 is 0 Å². The summed E-state index contributed by atoms with van der Waals surface area (Å²) < 4.78 is 1.85. The molecule has 4 aromatic rings. The van der Waals surface area contributed by atoms with Crippen LogP contribution in [0.5, 0.6) is 0 Å². The Kier molecular flexibility index (Phi) is 5.54. The Balaban J connectivity index is 1.40. The number of fused-ring (bicyclic) bond motifs is 1. The lowest BCUT2D eigenvalue weighted by Crippen LogP contribution is -2.39. The lowest BCUT2D eigenvalue weighted by atomic mass is 9.93. The number of aromatic nitrogens is 3. The average molecular weight is 427 g/mol. The number of amides is 1. The van der Waals surface area contributed by atoms with Gasteiger partial charge in [-0.05, 0) is 61.7 Å². The first kappa shape index (κ1) is 19.6. The van der Waals surface area contributed by atoms with Crippen LogP contribution in [0, 0.1) is 0 Å². The van der Waals surface area contributed by atoms with Crippen LogP contribution in [0.1, 0.15) is 35.3 Å². The Labute approximate surface area is 185 Å². The number of rotatable bonds is 6. The van der Waals surface area contributed by atoms with E-state index in [9.17, 15) is 4.79 Å². The highest BCUT2D eigenvalue weighted by Gasteiger charge is 2.21. The maximum absolute atomic E-state index is 12.8. The predicted octanol–water partition coefficient (Wildman–Crippen LogP) is 5.49.